The molecule has 34 heavy (non-hydrogen) atoms. The molecule has 1 aliphatic heterocycles. The van der Waals surface area contributed by atoms with Gasteiger partial charge in [0, 0.05) is 24.7 Å². The van der Waals surface area contributed by atoms with Gasteiger partial charge >= 0.3 is 12.1 Å². The van der Waals surface area contributed by atoms with Crippen LogP contribution in [0.2, 0.25) is 0 Å². The van der Waals surface area contributed by atoms with E-state index in [2.05, 4.69) is 5.32 Å². The number of esters is 1. The number of benzene rings is 2. The Hall–Kier alpha value is -3.53. The van der Waals surface area contributed by atoms with Crippen molar-refractivity contribution in [1.82, 2.24) is 0 Å². The van der Waals surface area contributed by atoms with E-state index >= 15 is 0 Å². The van der Waals surface area contributed by atoms with Gasteiger partial charge in [-0.2, -0.15) is 13.2 Å². The number of nitrogens with zero attached hydrogens (tertiary/aromatic N) is 1. The number of morpholine rings is 1. The molecule has 182 valence electrons. The van der Waals surface area contributed by atoms with E-state index in [4.69, 9.17) is 14.2 Å². The van der Waals surface area contributed by atoms with Gasteiger partial charge < -0.3 is 24.4 Å². The second-order valence-electron chi connectivity index (χ2n) is 7.29. The summed E-state index contributed by atoms with van der Waals surface area (Å²) in [5.41, 5.74) is 0.180. The molecule has 0 atom stereocenters. The van der Waals surface area contributed by atoms with Gasteiger partial charge in [-0.15, -0.1) is 0 Å². The summed E-state index contributed by atoms with van der Waals surface area (Å²) in [4.78, 5) is 26.2. The second kappa shape index (κ2) is 11.6. The largest absolute Gasteiger partial charge is 0.493 e. The van der Waals surface area contributed by atoms with Crippen molar-refractivity contribution in [3.8, 4) is 5.75 Å². The average molecular weight is 478 g/mol. The first-order chi connectivity index (χ1) is 16.3. The fourth-order valence-electron chi connectivity index (χ4n) is 3.33. The van der Waals surface area contributed by atoms with E-state index in [9.17, 15) is 22.8 Å². The SMILES string of the molecule is CCOc1ccccc1/C=C/C(=O)OCC(=O)Nc1cc(C(F)(F)F)ccc1N1CCOCC1. The minimum Gasteiger partial charge on any atom is -0.493 e. The van der Waals surface area contributed by atoms with Crippen molar-refractivity contribution in [3.63, 3.8) is 0 Å². The summed E-state index contributed by atoms with van der Waals surface area (Å²) in [7, 11) is 0. The lowest BCUT2D eigenvalue weighted by Gasteiger charge is -2.31. The lowest BCUT2D eigenvalue weighted by atomic mass is 10.1. The number of anilines is 2. The van der Waals surface area contributed by atoms with E-state index in [0.29, 0.717) is 49.9 Å². The first-order valence-electron chi connectivity index (χ1n) is 10.7. The molecule has 0 saturated carbocycles. The van der Waals surface area contributed by atoms with Crippen LogP contribution in [0.25, 0.3) is 6.08 Å². The molecule has 0 bridgehead atoms. The molecule has 3 rings (SSSR count). The highest BCUT2D eigenvalue weighted by Gasteiger charge is 2.32. The molecule has 0 aromatic heterocycles. The van der Waals surface area contributed by atoms with Crippen LogP contribution in [0.1, 0.15) is 18.1 Å². The van der Waals surface area contributed by atoms with Gasteiger partial charge in [0.2, 0.25) is 0 Å². The number of alkyl halides is 3. The highest BCUT2D eigenvalue weighted by atomic mass is 19.4. The van der Waals surface area contributed by atoms with E-state index < -0.39 is 30.2 Å². The maximum absolute atomic E-state index is 13.2. The van der Waals surface area contributed by atoms with Crippen LogP contribution in [-0.4, -0.2) is 51.4 Å². The number of carbonyl (C=O) groups is 2. The van der Waals surface area contributed by atoms with Gasteiger partial charge in [0.15, 0.2) is 6.61 Å². The van der Waals surface area contributed by atoms with E-state index in [-0.39, 0.29) is 5.69 Å². The monoisotopic (exact) mass is 478 g/mol. The first-order valence-corrected chi connectivity index (χ1v) is 10.7. The molecule has 10 heteroatoms. The Balaban J connectivity index is 1.65. The Bertz CT molecular complexity index is 1030. The maximum Gasteiger partial charge on any atom is 0.416 e. The number of para-hydroxylation sites is 1. The third-order valence-corrected chi connectivity index (χ3v) is 4.91. The molecule has 7 nitrogen and oxygen atoms in total. The Morgan fingerprint density at radius 2 is 1.88 bits per heavy atom. The van der Waals surface area contributed by atoms with Crippen molar-refractivity contribution in [3.05, 3.63) is 59.7 Å². The van der Waals surface area contributed by atoms with Gasteiger partial charge in [-0.25, -0.2) is 4.79 Å². The lowest BCUT2D eigenvalue weighted by molar-refractivity contribution is -0.142. The molecule has 1 N–H and O–H groups in total. The fourth-order valence-corrected chi connectivity index (χ4v) is 3.33. The van der Waals surface area contributed by atoms with Crippen LogP contribution in [0.3, 0.4) is 0 Å². The van der Waals surface area contributed by atoms with Crippen LogP contribution in [0, 0.1) is 0 Å². The van der Waals surface area contributed by atoms with Gasteiger partial charge in [-0.05, 0) is 37.3 Å². The minimum absolute atomic E-state index is 0.0149. The van der Waals surface area contributed by atoms with Crippen molar-refractivity contribution in [1.29, 1.82) is 0 Å². The third kappa shape index (κ3) is 6.98. The molecule has 0 aliphatic carbocycles. The Morgan fingerprint density at radius 1 is 1.15 bits per heavy atom. The Kier molecular flexibility index (Phi) is 8.53. The number of nitrogens with one attached hydrogen (secondary N) is 1. The van der Waals surface area contributed by atoms with Gasteiger partial charge in [0.05, 0.1) is 36.8 Å². The zero-order chi connectivity index (χ0) is 24.6. The average Bonchev–Trinajstić information content (AvgIpc) is 2.82. The third-order valence-electron chi connectivity index (χ3n) is 4.91. The van der Waals surface area contributed by atoms with E-state index in [1.807, 2.05) is 11.8 Å². The van der Waals surface area contributed by atoms with Crippen molar-refractivity contribution in [2.75, 3.05) is 49.7 Å². The highest BCUT2D eigenvalue weighted by molar-refractivity contribution is 5.97. The fraction of sp³-hybridized carbons (Fsp3) is 0.333. The van der Waals surface area contributed by atoms with Gasteiger partial charge in [-0.1, -0.05) is 18.2 Å². The topological polar surface area (TPSA) is 77.1 Å². The molecule has 0 unspecified atom stereocenters. The van der Waals surface area contributed by atoms with Crippen LogP contribution in [0.4, 0.5) is 24.5 Å². The molecule has 2 aromatic carbocycles. The van der Waals surface area contributed by atoms with Gasteiger partial charge in [-0.3, -0.25) is 4.79 Å². The first kappa shape index (κ1) is 25.1. The standard InChI is InChI=1S/C24H25F3N2O5/c1-2-33-21-6-4-3-5-17(21)7-10-23(31)34-16-22(30)28-19-15-18(24(25,26)27)8-9-20(19)29-11-13-32-14-12-29/h3-10,15H,2,11-14,16H2,1H3,(H,28,30)/b10-7+. The second-order valence-corrected chi connectivity index (χ2v) is 7.29. The summed E-state index contributed by atoms with van der Waals surface area (Å²) >= 11 is 0. The summed E-state index contributed by atoms with van der Waals surface area (Å²) in [5, 5.41) is 2.43. The summed E-state index contributed by atoms with van der Waals surface area (Å²) in [6.45, 7) is 3.42. The quantitative estimate of drug-likeness (QED) is 0.454. The van der Waals surface area contributed by atoms with Crippen molar-refractivity contribution in [2.45, 2.75) is 13.1 Å². The predicted molar refractivity (Wildman–Crippen MR) is 121 cm³/mol. The zero-order valence-electron chi connectivity index (χ0n) is 18.6. The summed E-state index contributed by atoms with van der Waals surface area (Å²) in [6.07, 6.45) is -1.93. The van der Waals surface area contributed by atoms with Crippen molar-refractivity contribution in [2.24, 2.45) is 0 Å². The van der Waals surface area contributed by atoms with Gasteiger partial charge in [0.25, 0.3) is 5.91 Å². The highest BCUT2D eigenvalue weighted by Crippen LogP contribution is 2.35. The molecule has 0 radical (unpaired) electrons. The molecule has 1 fully saturated rings. The molecule has 1 heterocycles. The summed E-state index contributed by atoms with van der Waals surface area (Å²) < 4.78 is 55.3. The number of amides is 1. The zero-order valence-corrected chi connectivity index (χ0v) is 18.6. The van der Waals surface area contributed by atoms with Crippen LogP contribution < -0.4 is 15.0 Å². The minimum atomic E-state index is -4.57. The Morgan fingerprint density at radius 3 is 2.59 bits per heavy atom. The smallest absolute Gasteiger partial charge is 0.416 e. The molecule has 2 aromatic rings. The summed E-state index contributed by atoms with van der Waals surface area (Å²) in [6, 6.07) is 10.2. The van der Waals surface area contributed by atoms with Crippen molar-refractivity contribution >= 4 is 29.3 Å². The number of ether oxygens (including phenoxy) is 3. The van der Waals surface area contributed by atoms with E-state index in [0.717, 1.165) is 18.2 Å². The molecular weight excluding hydrogens is 453 g/mol. The molecule has 1 saturated heterocycles. The van der Waals surface area contributed by atoms with Crippen LogP contribution >= 0.6 is 0 Å². The molecular formula is C24H25F3N2O5. The Labute approximate surface area is 195 Å². The van der Waals surface area contributed by atoms with Crippen molar-refractivity contribution < 1.29 is 37.0 Å². The summed E-state index contributed by atoms with van der Waals surface area (Å²) in [5.74, 6) is -0.948. The molecule has 1 aliphatic rings. The van der Waals surface area contributed by atoms with E-state index in [1.54, 1.807) is 24.3 Å². The van der Waals surface area contributed by atoms with Crippen LogP contribution in [-0.2, 0) is 25.2 Å². The predicted octanol–water partition coefficient (Wildman–Crippen LogP) is 4.14. The van der Waals surface area contributed by atoms with Gasteiger partial charge in [0.1, 0.15) is 5.75 Å². The van der Waals surface area contributed by atoms with E-state index in [1.165, 1.54) is 12.1 Å². The molecule has 0 spiro atoms. The number of rotatable bonds is 8. The number of hydrogen-bond donors (Lipinski definition) is 1. The number of hydrogen-bond acceptors (Lipinski definition) is 6. The molecule has 1 amide bonds. The lowest BCUT2D eigenvalue weighted by Crippen LogP contribution is -2.37. The normalized spacial score (nSPS) is 14.2. The van der Waals surface area contributed by atoms with Crippen LogP contribution in [0.15, 0.2) is 48.5 Å². The number of halogens is 3. The number of carbonyl (C=O) groups excluding carboxylic acids is 2. The maximum atomic E-state index is 13.2. The van der Waals surface area contributed by atoms with Crippen LogP contribution in [0.5, 0.6) is 5.75 Å².